The molecule has 0 saturated heterocycles. The number of nitrogens with zero attached hydrogens (tertiary/aromatic N) is 1. The molecule has 4 nitrogen and oxygen atoms in total. The first-order valence-electron chi connectivity index (χ1n) is 8.39. The van der Waals surface area contributed by atoms with Crippen molar-refractivity contribution in [3.63, 3.8) is 0 Å². The Balaban J connectivity index is 2.64. The van der Waals surface area contributed by atoms with Crippen molar-refractivity contribution >= 4 is 11.9 Å². The van der Waals surface area contributed by atoms with Crippen molar-refractivity contribution < 1.29 is 14.7 Å². The van der Waals surface area contributed by atoms with Gasteiger partial charge < -0.3 is 10.0 Å². The van der Waals surface area contributed by atoms with Crippen LogP contribution in [0.15, 0.2) is 0 Å². The number of carboxylic acid groups (broad SMARTS) is 1. The maximum atomic E-state index is 12.7. The van der Waals surface area contributed by atoms with Gasteiger partial charge in [-0.3, -0.25) is 9.59 Å². The van der Waals surface area contributed by atoms with Crippen LogP contribution in [-0.2, 0) is 9.59 Å². The third-order valence-corrected chi connectivity index (χ3v) is 4.73. The lowest BCUT2D eigenvalue weighted by Crippen LogP contribution is -2.35. The average molecular weight is 297 g/mol. The van der Waals surface area contributed by atoms with Crippen molar-refractivity contribution in [3.8, 4) is 0 Å². The minimum absolute atomic E-state index is 0.0552. The van der Waals surface area contributed by atoms with Gasteiger partial charge >= 0.3 is 5.97 Å². The monoisotopic (exact) mass is 297 g/mol. The Bertz CT molecular complexity index is 355. The molecule has 122 valence electrons. The number of carboxylic acids is 1. The average Bonchev–Trinajstić information content (AvgIpc) is 2.99. The predicted molar refractivity (Wildman–Crippen MR) is 84.0 cm³/mol. The minimum atomic E-state index is -0.833. The predicted octanol–water partition coefficient (Wildman–Crippen LogP) is 3.55. The Kier molecular flexibility index (Phi) is 6.69. The Morgan fingerprint density at radius 3 is 1.76 bits per heavy atom. The van der Waals surface area contributed by atoms with E-state index in [9.17, 15) is 14.7 Å². The van der Waals surface area contributed by atoms with Crippen molar-refractivity contribution in [3.05, 3.63) is 0 Å². The smallest absolute Gasteiger partial charge is 0.307 e. The van der Waals surface area contributed by atoms with Crippen molar-refractivity contribution in [1.82, 2.24) is 4.90 Å². The van der Waals surface area contributed by atoms with E-state index in [1.807, 2.05) is 18.7 Å². The van der Waals surface area contributed by atoms with Gasteiger partial charge in [0.05, 0.1) is 11.8 Å². The lowest BCUT2D eigenvalue weighted by atomic mass is 10.1. The summed E-state index contributed by atoms with van der Waals surface area (Å²) in [6, 6.07) is 0. The van der Waals surface area contributed by atoms with Crippen LogP contribution in [0, 0.1) is 17.3 Å². The standard InChI is InChI=1S/C17H31NO3/c1-5-7-9-11-18(12-10-8-6-2)15(19)13-14(16(20)21)17(13,3)4/h13-14H,5-12H2,1-4H3,(H,20,21)/t13-,14+/m1/s1. The molecule has 1 rings (SSSR count). The molecule has 4 heteroatoms. The number of rotatable bonds is 10. The number of hydrogen-bond acceptors (Lipinski definition) is 2. The topological polar surface area (TPSA) is 57.6 Å². The molecule has 1 aliphatic rings. The normalized spacial score (nSPS) is 22.9. The highest BCUT2D eigenvalue weighted by Gasteiger charge is 2.66. The maximum Gasteiger partial charge on any atom is 0.307 e. The third kappa shape index (κ3) is 4.45. The highest BCUT2D eigenvalue weighted by molar-refractivity contribution is 5.91. The largest absolute Gasteiger partial charge is 0.481 e. The van der Waals surface area contributed by atoms with Gasteiger partial charge in [-0.25, -0.2) is 0 Å². The second-order valence-electron chi connectivity index (χ2n) is 6.85. The van der Waals surface area contributed by atoms with Gasteiger partial charge in [-0.1, -0.05) is 53.4 Å². The van der Waals surface area contributed by atoms with Crippen LogP contribution in [0.4, 0.5) is 0 Å². The van der Waals surface area contributed by atoms with E-state index in [4.69, 9.17) is 0 Å². The van der Waals surface area contributed by atoms with E-state index in [0.717, 1.165) is 51.6 Å². The minimum Gasteiger partial charge on any atom is -0.481 e. The highest BCUT2D eigenvalue weighted by Crippen LogP contribution is 2.59. The summed E-state index contributed by atoms with van der Waals surface area (Å²) in [5, 5.41) is 9.25. The molecule has 1 amide bonds. The van der Waals surface area contributed by atoms with Crippen LogP contribution in [0.25, 0.3) is 0 Å². The van der Waals surface area contributed by atoms with E-state index < -0.39 is 17.3 Å². The zero-order valence-corrected chi connectivity index (χ0v) is 14.0. The lowest BCUT2D eigenvalue weighted by molar-refractivity contribution is -0.142. The first kappa shape index (κ1) is 18.0. The van der Waals surface area contributed by atoms with Gasteiger partial charge in [-0.2, -0.15) is 0 Å². The number of amides is 1. The summed E-state index contributed by atoms with van der Waals surface area (Å²) in [7, 11) is 0. The number of aliphatic carboxylic acids is 1. The quantitative estimate of drug-likeness (QED) is 0.627. The summed E-state index contributed by atoms with van der Waals surface area (Å²) < 4.78 is 0. The summed E-state index contributed by atoms with van der Waals surface area (Å²) in [6.07, 6.45) is 6.52. The molecule has 1 N–H and O–H groups in total. The van der Waals surface area contributed by atoms with Crippen molar-refractivity contribution in [2.75, 3.05) is 13.1 Å². The molecule has 0 aliphatic heterocycles. The summed E-state index contributed by atoms with van der Waals surface area (Å²) >= 11 is 0. The van der Waals surface area contributed by atoms with Crippen LogP contribution < -0.4 is 0 Å². The fraction of sp³-hybridized carbons (Fsp3) is 0.882. The van der Waals surface area contributed by atoms with E-state index in [2.05, 4.69) is 13.8 Å². The van der Waals surface area contributed by atoms with Gasteiger partial charge in [0.2, 0.25) is 5.91 Å². The van der Waals surface area contributed by atoms with Crippen molar-refractivity contribution in [2.45, 2.75) is 66.2 Å². The molecular weight excluding hydrogens is 266 g/mol. The molecule has 0 heterocycles. The van der Waals surface area contributed by atoms with Crippen LogP contribution in [0.5, 0.6) is 0 Å². The summed E-state index contributed by atoms with van der Waals surface area (Å²) in [5.41, 5.74) is -0.392. The van der Waals surface area contributed by atoms with Gasteiger partial charge in [0, 0.05) is 13.1 Å². The number of unbranched alkanes of at least 4 members (excludes halogenated alkanes) is 4. The Labute approximate surface area is 128 Å². The van der Waals surface area contributed by atoms with Crippen LogP contribution in [0.2, 0.25) is 0 Å². The van der Waals surface area contributed by atoms with E-state index in [-0.39, 0.29) is 11.8 Å². The lowest BCUT2D eigenvalue weighted by Gasteiger charge is -2.23. The second kappa shape index (κ2) is 7.81. The van der Waals surface area contributed by atoms with Crippen molar-refractivity contribution in [2.24, 2.45) is 17.3 Å². The van der Waals surface area contributed by atoms with Crippen LogP contribution in [-0.4, -0.2) is 35.0 Å². The molecule has 1 fully saturated rings. The fourth-order valence-electron chi connectivity index (χ4n) is 3.19. The maximum absolute atomic E-state index is 12.7. The van der Waals surface area contributed by atoms with E-state index in [1.54, 1.807) is 0 Å². The molecule has 21 heavy (non-hydrogen) atoms. The Morgan fingerprint density at radius 2 is 1.43 bits per heavy atom. The van der Waals surface area contributed by atoms with Gasteiger partial charge in [0.25, 0.3) is 0 Å². The molecule has 0 aromatic rings. The van der Waals surface area contributed by atoms with Gasteiger partial charge in [0.1, 0.15) is 0 Å². The molecule has 0 bridgehead atoms. The van der Waals surface area contributed by atoms with Crippen LogP contribution in [0.3, 0.4) is 0 Å². The number of carbonyl (C=O) groups is 2. The zero-order valence-electron chi connectivity index (χ0n) is 14.0. The molecule has 0 unspecified atom stereocenters. The molecule has 0 aromatic heterocycles. The zero-order chi connectivity index (χ0) is 16.0. The second-order valence-corrected chi connectivity index (χ2v) is 6.85. The highest BCUT2D eigenvalue weighted by atomic mass is 16.4. The van der Waals surface area contributed by atoms with E-state index in [1.165, 1.54) is 0 Å². The van der Waals surface area contributed by atoms with Gasteiger partial charge in [-0.05, 0) is 18.3 Å². The van der Waals surface area contributed by atoms with E-state index >= 15 is 0 Å². The molecule has 1 aliphatic carbocycles. The fourth-order valence-corrected chi connectivity index (χ4v) is 3.19. The SMILES string of the molecule is CCCCCN(CCCCC)C(=O)[C@H]1[C@@H](C(=O)O)C1(C)C. The van der Waals surface area contributed by atoms with Crippen LogP contribution in [0.1, 0.15) is 66.2 Å². The molecule has 0 aromatic carbocycles. The van der Waals surface area contributed by atoms with Crippen LogP contribution >= 0.6 is 0 Å². The Morgan fingerprint density at radius 1 is 0.952 bits per heavy atom. The third-order valence-electron chi connectivity index (χ3n) is 4.73. The molecule has 0 radical (unpaired) electrons. The molecule has 0 spiro atoms. The Hall–Kier alpha value is -1.06. The molecule has 2 atom stereocenters. The van der Waals surface area contributed by atoms with Gasteiger partial charge in [-0.15, -0.1) is 0 Å². The van der Waals surface area contributed by atoms with Crippen molar-refractivity contribution in [1.29, 1.82) is 0 Å². The number of hydrogen-bond donors (Lipinski definition) is 1. The summed E-state index contributed by atoms with van der Waals surface area (Å²) in [5.74, 6) is -1.62. The van der Waals surface area contributed by atoms with E-state index in [0.29, 0.717) is 0 Å². The molecule has 1 saturated carbocycles. The first-order chi connectivity index (χ1) is 9.87. The number of carbonyl (C=O) groups excluding carboxylic acids is 1. The summed E-state index contributed by atoms with van der Waals surface area (Å²) in [4.78, 5) is 25.9. The molecular formula is C17H31NO3. The first-order valence-corrected chi connectivity index (χ1v) is 8.39. The summed E-state index contributed by atoms with van der Waals surface area (Å²) in [6.45, 7) is 9.63. The van der Waals surface area contributed by atoms with Gasteiger partial charge in [0.15, 0.2) is 0 Å².